The van der Waals surface area contributed by atoms with Crippen LogP contribution in [0.5, 0.6) is 0 Å². The molecular formula is C13H20ClN3O. The van der Waals surface area contributed by atoms with Crippen molar-refractivity contribution in [3.8, 4) is 0 Å². The molecule has 1 saturated heterocycles. The van der Waals surface area contributed by atoms with Gasteiger partial charge in [-0.15, -0.1) is 0 Å². The van der Waals surface area contributed by atoms with Gasteiger partial charge in [0.25, 0.3) is 0 Å². The van der Waals surface area contributed by atoms with Gasteiger partial charge in [0.1, 0.15) is 16.8 Å². The van der Waals surface area contributed by atoms with Gasteiger partial charge in [-0.1, -0.05) is 25.4 Å². The van der Waals surface area contributed by atoms with Gasteiger partial charge in [-0.05, 0) is 20.3 Å². The quantitative estimate of drug-likeness (QED) is 0.857. The average molecular weight is 270 g/mol. The molecule has 18 heavy (non-hydrogen) atoms. The fraction of sp³-hybridized carbons (Fsp3) is 0.692. The number of anilines is 1. The van der Waals surface area contributed by atoms with Crippen molar-refractivity contribution in [3.63, 3.8) is 0 Å². The first-order valence-electron chi connectivity index (χ1n) is 6.41. The monoisotopic (exact) mass is 269 g/mol. The summed E-state index contributed by atoms with van der Waals surface area (Å²) in [5, 5.41) is 3.96. The molecule has 1 aliphatic rings. The molecule has 4 nitrogen and oxygen atoms in total. The van der Waals surface area contributed by atoms with E-state index in [4.69, 9.17) is 16.3 Å². The van der Waals surface area contributed by atoms with Crippen molar-refractivity contribution in [1.82, 2.24) is 9.97 Å². The highest BCUT2D eigenvalue weighted by Crippen LogP contribution is 2.25. The van der Waals surface area contributed by atoms with Crippen LogP contribution in [0.15, 0.2) is 0 Å². The molecular weight excluding hydrogens is 250 g/mol. The number of aromatic nitrogens is 2. The first kappa shape index (κ1) is 13.6. The third-order valence-electron chi connectivity index (χ3n) is 3.32. The molecule has 1 aromatic rings. The molecule has 0 spiro atoms. The Bertz CT molecular complexity index is 436. The standard InChI is InChI=1S/C13H20ClN3O/c1-7(2)12-16-11(14)8(3)13(17-12)15-10-5-6-18-9(10)4/h7,9-10H,5-6H2,1-4H3,(H,15,16,17). The number of rotatable bonds is 3. The maximum Gasteiger partial charge on any atom is 0.137 e. The van der Waals surface area contributed by atoms with Crippen LogP contribution in [-0.2, 0) is 4.74 Å². The van der Waals surface area contributed by atoms with Crippen LogP contribution in [-0.4, -0.2) is 28.7 Å². The topological polar surface area (TPSA) is 47.0 Å². The van der Waals surface area contributed by atoms with Crippen molar-refractivity contribution < 1.29 is 4.74 Å². The molecule has 2 unspecified atom stereocenters. The number of nitrogens with zero attached hydrogens (tertiary/aromatic N) is 2. The van der Waals surface area contributed by atoms with Crippen LogP contribution in [0.3, 0.4) is 0 Å². The minimum absolute atomic E-state index is 0.209. The van der Waals surface area contributed by atoms with Crippen LogP contribution >= 0.6 is 11.6 Å². The van der Waals surface area contributed by atoms with E-state index in [0.29, 0.717) is 11.2 Å². The highest BCUT2D eigenvalue weighted by molar-refractivity contribution is 6.30. The van der Waals surface area contributed by atoms with E-state index in [1.807, 2.05) is 6.92 Å². The third-order valence-corrected chi connectivity index (χ3v) is 3.69. The van der Waals surface area contributed by atoms with Crippen LogP contribution in [0.4, 0.5) is 5.82 Å². The fourth-order valence-electron chi connectivity index (χ4n) is 2.00. The van der Waals surface area contributed by atoms with Gasteiger partial charge in [-0.25, -0.2) is 9.97 Å². The summed E-state index contributed by atoms with van der Waals surface area (Å²) in [6, 6.07) is 0.301. The molecule has 1 aliphatic heterocycles. The van der Waals surface area contributed by atoms with E-state index in [1.54, 1.807) is 0 Å². The zero-order valence-electron chi connectivity index (χ0n) is 11.3. The molecule has 2 atom stereocenters. The normalized spacial score (nSPS) is 23.7. The van der Waals surface area contributed by atoms with E-state index in [9.17, 15) is 0 Å². The molecule has 1 fully saturated rings. The van der Waals surface area contributed by atoms with Gasteiger partial charge in [0.05, 0.1) is 12.1 Å². The Morgan fingerprint density at radius 2 is 2.11 bits per heavy atom. The Morgan fingerprint density at radius 3 is 2.67 bits per heavy atom. The average Bonchev–Trinajstić information content (AvgIpc) is 2.70. The highest BCUT2D eigenvalue weighted by Gasteiger charge is 2.25. The van der Waals surface area contributed by atoms with E-state index in [0.717, 1.165) is 30.2 Å². The zero-order valence-corrected chi connectivity index (χ0v) is 12.1. The summed E-state index contributed by atoms with van der Waals surface area (Å²) in [6.07, 6.45) is 1.21. The lowest BCUT2D eigenvalue weighted by Gasteiger charge is -2.19. The summed E-state index contributed by atoms with van der Waals surface area (Å²) in [5.41, 5.74) is 0.903. The Balaban J connectivity index is 2.25. The number of ether oxygens (including phenoxy) is 1. The molecule has 0 amide bonds. The molecule has 1 aromatic heterocycles. The smallest absolute Gasteiger partial charge is 0.137 e. The summed E-state index contributed by atoms with van der Waals surface area (Å²) < 4.78 is 5.55. The first-order valence-corrected chi connectivity index (χ1v) is 6.79. The zero-order chi connectivity index (χ0) is 13.3. The van der Waals surface area contributed by atoms with E-state index >= 15 is 0 Å². The number of halogens is 1. The molecule has 0 bridgehead atoms. The predicted molar refractivity (Wildman–Crippen MR) is 73.3 cm³/mol. The van der Waals surface area contributed by atoms with Crippen LogP contribution < -0.4 is 5.32 Å². The van der Waals surface area contributed by atoms with Crippen molar-refractivity contribution in [2.45, 2.75) is 52.2 Å². The lowest BCUT2D eigenvalue weighted by atomic mass is 10.1. The molecule has 0 aromatic carbocycles. The van der Waals surface area contributed by atoms with Crippen LogP contribution in [0.25, 0.3) is 0 Å². The Kier molecular flexibility index (Phi) is 4.07. The van der Waals surface area contributed by atoms with Crippen LogP contribution in [0.1, 0.15) is 44.5 Å². The number of hydrogen-bond acceptors (Lipinski definition) is 4. The summed E-state index contributed by atoms with van der Waals surface area (Å²) >= 11 is 6.16. The maximum atomic E-state index is 6.16. The van der Waals surface area contributed by atoms with Gasteiger partial charge in [0.2, 0.25) is 0 Å². The van der Waals surface area contributed by atoms with Gasteiger partial charge >= 0.3 is 0 Å². The molecule has 5 heteroatoms. The van der Waals surface area contributed by atoms with Crippen molar-refractivity contribution in [3.05, 3.63) is 16.5 Å². The molecule has 0 radical (unpaired) electrons. The van der Waals surface area contributed by atoms with Crippen molar-refractivity contribution in [2.24, 2.45) is 0 Å². The Morgan fingerprint density at radius 1 is 1.39 bits per heavy atom. The number of hydrogen-bond donors (Lipinski definition) is 1. The lowest BCUT2D eigenvalue weighted by molar-refractivity contribution is 0.121. The highest BCUT2D eigenvalue weighted by atomic mass is 35.5. The van der Waals surface area contributed by atoms with Crippen LogP contribution in [0.2, 0.25) is 5.15 Å². The molecule has 100 valence electrons. The van der Waals surface area contributed by atoms with E-state index < -0.39 is 0 Å². The second-order valence-electron chi connectivity index (χ2n) is 5.12. The first-order chi connectivity index (χ1) is 8.49. The number of nitrogens with one attached hydrogen (secondary N) is 1. The second kappa shape index (κ2) is 5.41. The summed E-state index contributed by atoms with van der Waals surface area (Å²) in [6.45, 7) is 8.94. The largest absolute Gasteiger partial charge is 0.376 e. The third kappa shape index (κ3) is 2.75. The Labute approximate surface area is 113 Å². The fourth-order valence-corrected chi connectivity index (χ4v) is 2.18. The van der Waals surface area contributed by atoms with E-state index in [-0.39, 0.29) is 12.0 Å². The summed E-state index contributed by atoms with van der Waals surface area (Å²) in [5.74, 6) is 1.88. The minimum Gasteiger partial charge on any atom is -0.376 e. The van der Waals surface area contributed by atoms with Crippen molar-refractivity contribution >= 4 is 17.4 Å². The second-order valence-corrected chi connectivity index (χ2v) is 5.47. The van der Waals surface area contributed by atoms with Gasteiger partial charge in [-0.2, -0.15) is 0 Å². The molecule has 2 rings (SSSR count). The molecule has 1 N–H and O–H groups in total. The van der Waals surface area contributed by atoms with Crippen LogP contribution in [0, 0.1) is 6.92 Å². The van der Waals surface area contributed by atoms with Gasteiger partial charge in [0.15, 0.2) is 0 Å². The van der Waals surface area contributed by atoms with Crippen molar-refractivity contribution in [1.29, 1.82) is 0 Å². The maximum absolute atomic E-state index is 6.16. The molecule has 2 heterocycles. The van der Waals surface area contributed by atoms with E-state index in [2.05, 4.69) is 36.1 Å². The summed E-state index contributed by atoms with van der Waals surface area (Å²) in [7, 11) is 0. The SMILES string of the molecule is Cc1c(Cl)nc(C(C)C)nc1NC1CCOC1C. The van der Waals surface area contributed by atoms with Gasteiger partial charge < -0.3 is 10.1 Å². The Hall–Kier alpha value is -0.870. The molecule has 0 aliphatic carbocycles. The van der Waals surface area contributed by atoms with Crippen molar-refractivity contribution in [2.75, 3.05) is 11.9 Å². The minimum atomic E-state index is 0.209. The summed E-state index contributed by atoms with van der Waals surface area (Å²) in [4.78, 5) is 8.88. The van der Waals surface area contributed by atoms with E-state index in [1.165, 1.54) is 0 Å². The molecule has 0 saturated carbocycles. The van der Waals surface area contributed by atoms with Gasteiger partial charge in [0, 0.05) is 18.1 Å². The van der Waals surface area contributed by atoms with Gasteiger partial charge in [-0.3, -0.25) is 0 Å². The lowest BCUT2D eigenvalue weighted by Crippen LogP contribution is -2.28. The predicted octanol–water partition coefficient (Wildman–Crippen LogP) is 3.15.